The lowest BCUT2D eigenvalue weighted by Crippen LogP contribution is -2.48. The van der Waals surface area contributed by atoms with Crippen LogP contribution in [0, 0.1) is 0 Å². The maximum absolute atomic E-state index is 11.7. The molecule has 3 atom stereocenters. The highest BCUT2D eigenvalue weighted by molar-refractivity contribution is 14.0. The zero-order valence-electron chi connectivity index (χ0n) is 12.8. The normalized spacial score (nSPS) is 33.7. The van der Waals surface area contributed by atoms with Crippen molar-refractivity contribution in [2.75, 3.05) is 32.4 Å². The van der Waals surface area contributed by atoms with E-state index in [1.165, 1.54) is 6.42 Å². The number of halogens is 1. The van der Waals surface area contributed by atoms with Gasteiger partial charge >= 0.3 is 0 Å². The van der Waals surface area contributed by atoms with E-state index in [0.717, 1.165) is 25.2 Å². The fraction of sp³-hybridized carbons (Fsp3) is 0.923. The lowest BCUT2D eigenvalue weighted by Gasteiger charge is -2.23. The monoisotopic (exact) mass is 444 g/mol. The molecule has 3 aliphatic heterocycles. The first-order valence-corrected chi connectivity index (χ1v) is 9.30. The first-order valence-electron chi connectivity index (χ1n) is 7.69. The maximum Gasteiger partial charge on any atom is 0.214 e. The van der Waals surface area contributed by atoms with Crippen LogP contribution in [0.15, 0.2) is 4.99 Å². The Hall–Kier alpha value is -0.130. The van der Waals surface area contributed by atoms with E-state index in [1.54, 1.807) is 11.4 Å². The summed E-state index contributed by atoms with van der Waals surface area (Å²) in [6.45, 7) is 1.70. The van der Waals surface area contributed by atoms with E-state index in [-0.39, 0.29) is 29.7 Å². The van der Waals surface area contributed by atoms with Gasteiger partial charge in [0.25, 0.3) is 0 Å². The second kappa shape index (κ2) is 7.63. The van der Waals surface area contributed by atoms with Gasteiger partial charge in [0.05, 0.1) is 24.0 Å². The van der Waals surface area contributed by atoms with Gasteiger partial charge in [-0.05, 0) is 25.7 Å². The molecule has 3 saturated heterocycles. The quantitative estimate of drug-likeness (QED) is 0.366. The van der Waals surface area contributed by atoms with E-state index in [4.69, 9.17) is 4.74 Å². The number of rotatable bonds is 4. The van der Waals surface area contributed by atoms with E-state index in [9.17, 15) is 8.42 Å². The molecule has 2 N–H and O–H groups in total. The zero-order chi connectivity index (χ0) is 14.9. The molecule has 3 heterocycles. The second-order valence-electron chi connectivity index (χ2n) is 5.93. The number of fused-ring (bicyclic) bond motifs is 2. The van der Waals surface area contributed by atoms with E-state index in [2.05, 4.69) is 15.6 Å². The number of sulfonamides is 1. The highest BCUT2D eigenvalue weighted by atomic mass is 127. The van der Waals surface area contributed by atoms with E-state index >= 15 is 0 Å². The number of aliphatic imine (C=N–C) groups is 1. The van der Waals surface area contributed by atoms with Crippen molar-refractivity contribution in [3.63, 3.8) is 0 Å². The molecule has 0 aromatic rings. The summed E-state index contributed by atoms with van der Waals surface area (Å²) < 4.78 is 30.8. The van der Waals surface area contributed by atoms with Gasteiger partial charge in [0, 0.05) is 26.7 Å². The molecule has 9 heteroatoms. The van der Waals surface area contributed by atoms with Gasteiger partial charge in [0.1, 0.15) is 0 Å². The fourth-order valence-corrected chi connectivity index (χ4v) is 4.93. The van der Waals surface area contributed by atoms with Crippen LogP contribution in [0.1, 0.15) is 25.7 Å². The van der Waals surface area contributed by atoms with Crippen molar-refractivity contribution >= 4 is 40.0 Å². The van der Waals surface area contributed by atoms with Crippen LogP contribution in [0.25, 0.3) is 0 Å². The topological polar surface area (TPSA) is 83.0 Å². The summed E-state index contributed by atoms with van der Waals surface area (Å²) in [5.74, 6) is 1.01. The van der Waals surface area contributed by atoms with Gasteiger partial charge in [-0.2, -0.15) is 0 Å². The van der Waals surface area contributed by atoms with E-state index < -0.39 is 10.0 Å². The second-order valence-corrected chi connectivity index (χ2v) is 8.02. The number of ether oxygens (including phenoxy) is 1. The fourth-order valence-electron chi connectivity index (χ4n) is 3.40. The predicted molar refractivity (Wildman–Crippen MR) is 96.2 cm³/mol. The summed E-state index contributed by atoms with van der Waals surface area (Å²) in [5, 5.41) is 6.59. The van der Waals surface area contributed by atoms with Crippen LogP contribution in [0.2, 0.25) is 0 Å². The van der Waals surface area contributed by atoms with Gasteiger partial charge in [0.2, 0.25) is 10.0 Å². The van der Waals surface area contributed by atoms with Gasteiger partial charge < -0.3 is 15.4 Å². The Balaban J connectivity index is 0.00000176. The van der Waals surface area contributed by atoms with E-state index in [1.807, 2.05) is 0 Å². The molecule has 7 nitrogen and oxygen atoms in total. The first-order chi connectivity index (χ1) is 10.1. The van der Waals surface area contributed by atoms with Gasteiger partial charge in [-0.3, -0.25) is 4.99 Å². The van der Waals surface area contributed by atoms with Gasteiger partial charge in [-0.25, -0.2) is 12.7 Å². The SMILES string of the molecule is CN=C(NCCN1CCCS1(=O)=O)NC1CC2CCC1O2.I. The summed E-state index contributed by atoms with van der Waals surface area (Å²) in [7, 11) is -1.28. The van der Waals surface area contributed by atoms with Crippen molar-refractivity contribution in [2.45, 2.75) is 43.9 Å². The minimum absolute atomic E-state index is 0. The van der Waals surface area contributed by atoms with Gasteiger partial charge in [-0.15, -0.1) is 24.0 Å². The molecule has 0 aliphatic carbocycles. The average Bonchev–Trinajstić information content (AvgIpc) is 3.13. The Morgan fingerprint density at radius 2 is 2.23 bits per heavy atom. The molecule has 22 heavy (non-hydrogen) atoms. The van der Waals surface area contributed by atoms with E-state index in [0.29, 0.717) is 37.9 Å². The molecule has 2 bridgehead atoms. The largest absolute Gasteiger partial charge is 0.373 e. The summed E-state index contributed by atoms with van der Waals surface area (Å²) in [4.78, 5) is 4.21. The summed E-state index contributed by atoms with van der Waals surface area (Å²) >= 11 is 0. The highest BCUT2D eigenvalue weighted by Crippen LogP contribution is 2.34. The van der Waals surface area contributed by atoms with Crippen LogP contribution in [-0.4, -0.2) is 69.4 Å². The number of guanidine groups is 1. The van der Waals surface area contributed by atoms with Crippen molar-refractivity contribution < 1.29 is 13.2 Å². The highest BCUT2D eigenvalue weighted by Gasteiger charge is 2.41. The van der Waals surface area contributed by atoms with Crippen LogP contribution in [-0.2, 0) is 14.8 Å². The Kier molecular flexibility index (Phi) is 6.31. The molecule has 3 rings (SSSR count). The third kappa shape index (κ3) is 4.04. The first kappa shape index (κ1) is 18.2. The molecule has 3 fully saturated rings. The Labute approximate surface area is 149 Å². The number of hydrogen-bond donors (Lipinski definition) is 2. The Morgan fingerprint density at radius 3 is 2.77 bits per heavy atom. The van der Waals surface area contributed by atoms with Crippen LogP contribution in [0.3, 0.4) is 0 Å². The maximum atomic E-state index is 11.7. The molecule has 0 radical (unpaired) electrons. The average molecular weight is 444 g/mol. The predicted octanol–water partition coefficient (Wildman–Crippen LogP) is 0.125. The molecular weight excluding hydrogens is 419 g/mol. The summed E-state index contributed by atoms with van der Waals surface area (Å²) in [6.07, 6.45) is 4.75. The summed E-state index contributed by atoms with van der Waals surface area (Å²) in [5.41, 5.74) is 0. The third-order valence-electron chi connectivity index (χ3n) is 4.51. The number of nitrogens with one attached hydrogen (secondary N) is 2. The van der Waals surface area contributed by atoms with Crippen molar-refractivity contribution in [1.82, 2.24) is 14.9 Å². The van der Waals surface area contributed by atoms with Crippen molar-refractivity contribution in [3.8, 4) is 0 Å². The Morgan fingerprint density at radius 1 is 1.41 bits per heavy atom. The summed E-state index contributed by atoms with van der Waals surface area (Å²) in [6, 6.07) is 0.325. The smallest absolute Gasteiger partial charge is 0.214 e. The van der Waals surface area contributed by atoms with Gasteiger partial charge in [0.15, 0.2) is 5.96 Å². The molecule has 0 saturated carbocycles. The van der Waals surface area contributed by atoms with Gasteiger partial charge in [-0.1, -0.05) is 0 Å². The molecule has 3 unspecified atom stereocenters. The van der Waals surface area contributed by atoms with Crippen LogP contribution in [0.4, 0.5) is 0 Å². The minimum atomic E-state index is -3.01. The van der Waals surface area contributed by atoms with Crippen LogP contribution < -0.4 is 10.6 Å². The Bertz CT molecular complexity index is 513. The molecule has 0 spiro atoms. The third-order valence-corrected chi connectivity index (χ3v) is 6.47. The standard InChI is InChI=1S/C13H24N4O3S.HI/c1-14-13(16-11-9-10-3-4-12(11)20-10)15-5-7-17-6-2-8-21(17,18)19;/h10-12H,2-9H2,1H3,(H2,14,15,16);1H. The molecule has 3 aliphatic rings. The molecule has 0 amide bonds. The number of nitrogens with zero attached hydrogens (tertiary/aromatic N) is 2. The number of hydrogen-bond acceptors (Lipinski definition) is 4. The van der Waals surface area contributed by atoms with Crippen molar-refractivity contribution in [1.29, 1.82) is 0 Å². The lowest BCUT2D eigenvalue weighted by atomic mass is 9.96. The molecular formula is C13H25IN4O3S. The lowest BCUT2D eigenvalue weighted by molar-refractivity contribution is 0.0992. The van der Waals surface area contributed by atoms with Crippen molar-refractivity contribution in [2.24, 2.45) is 4.99 Å². The molecule has 0 aromatic carbocycles. The van der Waals surface area contributed by atoms with Crippen LogP contribution in [0.5, 0.6) is 0 Å². The zero-order valence-corrected chi connectivity index (χ0v) is 16.0. The molecule has 0 aromatic heterocycles. The molecule has 128 valence electrons. The van der Waals surface area contributed by atoms with Crippen LogP contribution >= 0.6 is 24.0 Å². The minimum Gasteiger partial charge on any atom is -0.373 e. The van der Waals surface area contributed by atoms with Crippen molar-refractivity contribution in [3.05, 3.63) is 0 Å².